The molecule has 1 fully saturated rings. The van der Waals surface area contributed by atoms with Crippen LogP contribution < -0.4 is 22.1 Å². The quantitative estimate of drug-likeness (QED) is 0.638. The van der Waals surface area contributed by atoms with E-state index >= 15 is 0 Å². The first kappa shape index (κ1) is 18.1. The molecule has 1 amide bonds. The van der Waals surface area contributed by atoms with Gasteiger partial charge in [0.25, 0.3) is 5.91 Å². The van der Waals surface area contributed by atoms with E-state index in [0.29, 0.717) is 24.7 Å². The summed E-state index contributed by atoms with van der Waals surface area (Å²) in [5.74, 6) is 0.0258. The fraction of sp³-hybridized carbons (Fsp3) is 0.389. The summed E-state index contributed by atoms with van der Waals surface area (Å²) in [6, 6.07) is 5.65. The fourth-order valence-electron chi connectivity index (χ4n) is 3.03. The zero-order chi connectivity index (χ0) is 18.7. The van der Waals surface area contributed by atoms with Crippen molar-refractivity contribution in [3.05, 3.63) is 41.3 Å². The Balaban J connectivity index is 1.87. The van der Waals surface area contributed by atoms with Crippen LogP contribution in [0.4, 0.5) is 17.2 Å². The summed E-state index contributed by atoms with van der Waals surface area (Å²) in [5, 5.41) is 6.52. The molecule has 0 unspecified atom stereocenters. The second-order valence-corrected chi connectivity index (χ2v) is 6.56. The number of anilines is 3. The highest BCUT2D eigenvalue weighted by atomic mass is 16.5. The third kappa shape index (κ3) is 4.27. The molecule has 138 valence electrons. The molecule has 26 heavy (non-hydrogen) atoms. The van der Waals surface area contributed by atoms with Crippen molar-refractivity contribution in [2.24, 2.45) is 11.5 Å². The zero-order valence-corrected chi connectivity index (χ0v) is 15.0. The number of rotatable bonds is 5. The van der Waals surface area contributed by atoms with Crippen molar-refractivity contribution in [1.29, 1.82) is 0 Å². The summed E-state index contributed by atoms with van der Waals surface area (Å²) < 4.78 is 5.36. The van der Waals surface area contributed by atoms with Gasteiger partial charge in [0.1, 0.15) is 5.82 Å². The number of nitrogens with two attached hydrogens (primary N) is 2. The predicted octanol–water partition coefficient (Wildman–Crippen LogP) is 1.46. The first-order valence-corrected chi connectivity index (χ1v) is 8.54. The van der Waals surface area contributed by atoms with E-state index in [1.807, 2.05) is 26.0 Å². The van der Waals surface area contributed by atoms with E-state index in [-0.39, 0.29) is 17.8 Å². The van der Waals surface area contributed by atoms with Crippen molar-refractivity contribution in [2.45, 2.75) is 32.4 Å². The number of carbonyl (C=O) groups is 1. The van der Waals surface area contributed by atoms with Gasteiger partial charge in [-0.1, -0.05) is 0 Å². The molecule has 0 aliphatic carbocycles. The fourth-order valence-corrected chi connectivity index (χ4v) is 3.03. The standard InChI is InChI=1S/C18H24N6O2/c1-10-5-11(2)22-16(6-10)24-15-7-12(8-21-17(15)18(20)25)23-14-3-4-26-9-13(14)19/h5-8,13-14,23H,3-4,9,19H2,1-2H3,(H2,20,25)(H,22,24)/t13-,14+/m0/s1. The molecule has 2 atom stereocenters. The molecule has 3 heterocycles. The molecule has 2 aromatic rings. The van der Waals surface area contributed by atoms with Gasteiger partial charge in [0.2, 0.25) is 0 Å². The predicted molar refractivity (Wildman–Crippen MR) is 101 cm³/mol. The first-order valence-electron chi connectivity index (χ1n) is 8.54. The van der Waals surface area contributed by atoms with Crippen molar-refractivity contribution < 1.29 is 9.53 Å². The van der Waals surface area contributed by atoms with Gasteiger partial charge in [-0.05, 0) is 44.0 Å². The van der Waals surface area contributed by atoms with Crippen molar-refractivity contribution in [3.63, 3.8) is 0 Å². The Morgan fingerprint density at radius 3 is 2.81 bits per heavy atom. The van der Waals surface area contributed by atoms with Crippen LogP contribution in [0.2, 0.25) is 0 Å². The average molecular weight is 356 g/mol. The number of hydrogen-bond donors (Lipinski definition) is 4. The van der Waals surface area contributed by atoms with Gasteiger partial charge >= 0.3 is 0 Å². The Hall–Kier alpha value is -2.71. The first-order chi connectivity index (χ1) is 12.4. The topological polar surface area (TPSA) is 128 Å². The number of nitrogens with zero attached hydrogens (tertiary/aromatic N) is 2. The van der Waals surface area contributed by atoms with E-state index in [0.717, 1.165) is 23.4 Å². The van der Waals surface area contributed by atoms with Crippen LogP contribution in [0.5, 0.6) is 0 Å². The Morgan fingerprint density at radius 2 is 2.12 bits per heavy atom. The minimum Gasteiger partial charge on any atom is -0.380 e. The van der Waals surface area contributed by atoms with E-state index in [9.17, 15) is 4.79 Å². The lowest BCUT2D eigenvalue weighted by atomic mass is 10.0. The minimum absolute atomic E-state index is 0.0807. The largest absolute Gasteiger partial charge is 0.380 e. The van der Waals surface area contributed by atoms with Crippen molar-refractivity contribution in [2.75, 3.05) is 23.8 Å². The van der Waals surface area contributed by atoms with Crippen LogP contribution in [-0.2, 0) is 4.74 Å². The van der Waals surface area contributed by atoms with E-state index in [1.54, 1.807) is 12.3 Å². The maximum absolute atomic E-state index is 11.7. The maximum atomic E-state index is 11.7. The second-order valence-electron chi connectivity index (χ2n) is 6.56. The minimum atomic E-state index is -0.605. The SMILES string of the molecule is Cc1cc(C)nc(Nc2cc(N[C@@H]3CCOC[C@@H]3N)cnc2C(N)=O)c1. The van der Waals surface area contributed by atoms with Crippen LogP contribution in [0.1, 0.15) is 28.2 Å². The molecule has 6 N–H and O–H groups in total. The molecule has 1 saturated heterocycles. The molecule has 0 spiro atoms. The van der Waals surface area contributed by atoms with Gasteiger partial charge < -0.3 is 26.8 Å². The van der Waals surface area contributed by atoms with Gasteiger partial charge in [0, 0.05) is 24.4 Å². The highest BCUT2D eigenvalue weighted by molar-refractivity contribution is 5.97. The third-order valence-electron chi connectivity index (χ3n) is 4.23. The van der Waals surface area contributed by atoms with Crippen LogP contribution in [-0.4, -0.2) is 41.2 Å². The number of aryl methyl sites for hydroxylation is 2. The van der Waals surface area contributed by atoms with Crippen molar-refractivity contribution in [1.82, 2.24) is 9.97 Å². The van der Waals surface area contributed by atoms with E-state index in [4.69, 9.17) is 16.2 Å². The summed E-state index contributed by atoms with van der Waals surface area (Å²) in [6.45, 7) is 5.07. The smallest absolute Gasteiger partial charge is 0.269 e. The monoisotopic (exact) mass is 356 g/mol. The van der Waals surface area contributed by atoms with E-state index in [1.165, 1.54) is 0 Å². The number of hydrogen-bond acceptors (Lipinski definition) is 7. The van der Waals surface area contributed by atoms with Crippen molar-refractivity contribution >= 4 is 23.1 Å². The van der Waals surface area contributed by atoms with Crippen LogP contribution in [0.15, 0.2) is 24.4 Å². The van der Waals surface area contributed by atoms with E-state index < -0.39 is 5.91 Å². The number of amides is 1. The number of primary amides is 1. The highest BCUT2D eigenvalue weighted by Crippen LogP contribution is 2.24. The Morgan fingerprint density at radius 1 is 1.31 bits per heavy atom. The summed E-state index contributed by atoms with van der Waals surface area (Å²) in [7, 11) is 0. The van der Waals surface area contributed by atoms with Crippen LogP contribution in [0.3, 0.4) is 0 Å². The molecular weight excluding hydrogens is 332 g/mol. The summed E-state index contributed by atoms with van der Waals surface area (Å²) >= 11 is 0. The number of aromatic nitrogens is 2. The van der Waals surface area contributed by atoms with Gasteiger partial charge in [-0.3, -0.25) is 4.79 Å². The third-order valence-corrected chi connectivity index (χ3v) is 4.23. The maximum Gasteiger partial charge on any atom is 0.269 e. The Labute approximate surface area is 152 Å². The van der Waals surface area contributed by atoms with Crippen LogP contribution >= 0.6 is 0 Å². The van der Waals surface area contributed by atoms with Gasteiger partial charge in [-0.25, -0.2) is 9.97 Å². The number of pyridine rings is 2. The lowest BCUT2D eigenvalue weighted by molar-refractivity contribution is 0.0752. The van der Waals surface area contributed by atoms with Gasteiger partial charge in [-0.15, -0.1) is 0 Å². The molecule has 8 nitrogen and oxygen atoms in total. The lowest BCUT2D eigenvalue weighted by Crippen LogP contribution is -2.47. The van der Waals surface area contributed by atoms with Crippen LogP contribution in [0, 0.1) is 13.8 Å². The molecule has 1 aliphatic heterocycles. The normalized spacial score (nSPS) is 19.8. The molecule has 2 aromatic heterocycles. The molecule has 0 saturated carbocycles. The summed E-state index contributed by atoms with van der Waals surface area (Å²) in [6.07, 6.45) is 2.39. The number of carbonyl (C=O) groups excluding carboxylic acids is 1. The number of nitrogens with one attached hydrogen (secondary N) is 2. The summed E-state index contributed by atoms with van der Waals surface area (Å²) in [4.78, 5) is 20.4. The van der Waals surface area contributed by atoms with E-state index in [2.05, 4.69) is 20.6 Å². The molecule has 1 aliphatic rings. The van der Waals surface area contributed by atoms with Gasteiger partial charge in [0.05, 0.1) is 24.2 Å². The van der Waals surface area contributed by atoms with Gasteiger partial charge in [0.15, 0.2) is 5.69 Å². The Kier molecular flexibility index (Phi) is 5.34. The molecule has 0 aromatic carbocycles. The molecule has 0 bridgehead atoms. The average Bonchev–Trinajstić information content (AvgIpc) is 2.56. The lowest BCUT2D eigenvalue weighted by Gasteiger charge is -2.30. The summed E-state index contributed by atoms with van der Waals surface area (Å²) in [5.41, 5.74) is 14.9. The van der Waals surface area contributed by atoms with Gasteiger partial charge in [-0.2, -0.15) is 0 Å². The Bertz CT molecular complexity index is 790. The zero-order valence-electron chi connectivity index (χ0n) is 15.0. The molecule has 8 heteroatoms. The highest BCUT2D eigenvalue weighted by Gasteiger charge is 2.23. The molecule has 3 rings (SSSR count). The van der Waals surface area contributed by atoms with Crippen LogP contribution in [0.25, 0.3) is 0 Å². The second kappa shape index (κ2) is 7.67. The number of ether oxygens (including phenoxy) is 1. The molecule has 0 radical (unpaired) electrons. The van der Waals surface area contributed by atoms with Crippen molar-refractivity contribution in [3.8, 4) is 0 Å². The molecular formula is C18H24N6O2.